The number of anilines is 2. The molecule has 0 aliphatic carbocycles. The first-order valence-corrected chi connectivity index (χ1v) is 7.31. The predicted molar refractivity (Wildman–Crippen MR) is 87.3 cm³/mol. The average Bonchev–Trinajstić information content (AvgIpc) is 2.76. The zero-order valence-electron chi connectivity index (χ0n) is 13.6. The van der Waals surface area contributed by atoms with Crippen LogP contribution < -0.4 is 5.32 Å². The maximum Gasteiger partial charge on any atom is 0.207 e. The van der Waals surface area contributed by atoms with Crippen LogP contribution in [-0.2, 0) is 16.7 Å². The number of methoxy groups -OCH3 is 1. The lowest BCUT2D eigenvalue weighted by atomic mass is 9.86. The van der Waals surface area contributed by atoms with Gasteiger partial charge in [0.15, 0.2) is 0 Å². The van der Waals surface area contributed by atoms with Crippen LogP contribution in [0.2, 0.25) is 0 Å². The number of ether oxygens (including phenoxy) is 1. The van der Waals surface area contributed by atoms with E-state index in [4.69, 9.17) is 4.74 Å². The van der Waals surface area contributed by atoms with Gasteiger partial charge < -0.3 is 14.6 Å². The van der Waals surface area contributed by atoms with Crippen molar-refractivity contribution in [3.05, 3.63) is 41.7 Å². The Bertz CT molecular complexity index is 596. The first-order valence-electron chi connectivity index (χ1n) is 7.31. The molecule has 2 rings (SSSR count). The molecule has 1 N–H and O–H groups in total. The summed E-state index contributed by atoms with van der Waals surface area (Å²) < 4.78 is 7.26. The van der Waals surface area contributed by atoms with Crippen molar-refractivity contribution < 1.29 is 4.74 Å². The van der Waals surface area contributed by atoms with Gasteiger partial charge in [0, 0.05) is 25.5 Å². The molecule has 1 aromatic carbocycles. The zero-order valence-corrected chi connectivity index (χ0v) is 13.6. The third-order valence-corrected chi connectivity index (χ3v) is 3.41. The highest BCUT2D eigenvalue weighted by Crippen LogP contribution is 2.31. The van der Waals surface area contributed by atoms with Gasteiger partial charge in [-0.05, 0) is 24.0 Å². The number of imidazole rings is 1. The minimum Gasteiger partial charge on any atom is -0.383 e. The first kappa shape index (κ1) is 15.6. The number of benzene rings is 1. The van der Waals surface area contributed by atoms with E-state index >= 15 is 0 Å². The maximum absolute atomic E-state index is 5.16. The Morgan fingerprint density at radius 1 is 1.24 bits per heavy atom. The molecule has 2 aromatic rings. The predicted octanol–water partition coefficient (Wildman–Crippen LogP) is 3.88. The molecule has 0 bridgehead atoms. The van der Waals surface area contributed by atoms with Gasteiger partial charge in [-0.15, -0.1) is 0 Å². The number of rotatable bonds is 5. The van der Waals surface area contributed by atoms with Crippen molar-refractivity contribution in [2.75, 3.05) is 19.0 Å². The van der Waals surface area contributed by atoms with E-state index in [1.807, 2.05) is 19.2 Å². The minimum absolute atomic E-state index is 0.0859. The summed E-state index contributed by atoms with van der Waals surface area (Å²) in [7, 11) is 1.71. The SMILES string of the molecule is COCCn1cc(C)nc1Nc1ccccc1C(C)(C)C. The second-order valence-electron chi connectivity index (χ2n) is 6.31. The van der Waals surface area contributed by atoms with Crippen LogP contribution in [0.5, 0.6) is 0 Å². The monoisotopic (exact) mass is 287 g/mol. The number of nitrogens with zero attached hydrogens (tertiary/aromatic N) is 2. The van der Waals surface area contributed by atoms with Crippen LogP contribution in [0.25, 0.3) is 0 Å². The second kappa shape index (κ2) is 6.31. The van der Waals surface area contributed by atoms with Crippen molar-refractivity contribution in [2.24, 2.45) is 0 Å². The molecule has 0 radical (unpaired) electrons. The Morgan fingerprint density at radius 3 is 2.62 bits per heavy atom. The van der Waals surface area contributed by atoms with Gasteiger partial charge in [-0.3, -0.25) is 0 Å². The quantitative estimate of drug-likeness (QED) is 0.907. The molecule has 1 aromatic heterocycles. The van der Waals surface area contributed by atoms with E-state index in [2.05, 4.69) is 53.8 Å². The van der Waals surface area contributed by atoms with Gasteiger partial charge in [0.1, 0.15) is 0 Å². The molecule has 0 aliphatic heterocycles. The van der Waals surface area contributed by atoms with Gasteiger partial charge in [-0.2, -0.15) is 0 Å². The molecular weight excluding hydrogens is 262 g/mol. The van der Waals surface area contributed by atoms with Crippen LogP contribution in [0, 0.1) is 6.92 Å². The van der Waals surface area contributed by atoms with Crippen LogP contribution in [0.3, 0.4) is 0 Å². The molecule has 0 aliphatic rings. The fraction of sp³-hybridized carbons (Fsp3) is 0.471. The van der Waals surface area contributed by atoms with E-state index in [0.29, 0.717) is 6.61 Å². The number of hydrogen-bond acceptors (Lipinski definition) is 3. The van der Waals surface area contributed by atoms with Gasteiger partial charge in [0.2, 0.25) is 5.95 Å². The van der Waals surface area contributed by atoms with Crippen LogP contribution in [-0.4, -0.2) is 23.3 Å². The summed E-state index contributed by atoms with van der Waals surface area (Å²) in [6.45, 7) is 10.1. The third kappa shape index (κ3) is 3.85. The molecule has 0 saturated carbocycles. The minimum atomic E-state index is 0.0859. The summed E-state index contributed by atoms with van der Waals surface area (Å²) >= 11 is 0. The van der Waals surface area contributed by atoms with Gasteiger partial charge >= 0.3 is 0 Å². The molecule has 0 fully saturated rings. The number of nitrogens with one attached hydrogen (secondary N) is 1. The van der Waals surface area contributed by atoms with Crippen molar-refractivity contribution >= 4 is 11.6 Å². The summed E-state index contributed by atoms with van der Waals surface area (Å²) in [5.74, 6) is 0.862. The second-order valence-corrected chi connectivity index (χ2v) is 6.31. The normalized spacial score (nSPS) is 11.7. The molecule has 4 nitrogen and oxygen atoms in total. The summed E-state index contributed by atoms with van der Waals surface area (Å²) in [4.78, 5) is 4.58. The topological polar surface area (TPSA) is 39.1 Å². The highest BCUT2D eigenvalue weighted by Gasteiger charge is 2.18. The fourth-order valence-electron chi connectivity index (χ4n) is 2.37. The van der Waals surface area contributed by atoms with Crippen LogP contribution in [0.1, 0.15) is 32.0 Å². The molecule has 4 heteroatoms. The summed E-state index contributed by atoms with van der Waals surface area (Å²) in [6, 6.07) is 8.39. The lowest BCUT2D eigenvalue weighted by Gasteiger charge is -2.23. The number of para-hydroxylation sites is 1. The fourth-order valence-corrected chi connectivity index (χ4v) is 2.37. The van der Waals surface area contributed by atoms with Crippen molar-refractivity contribution in [3.8, 4) is 0 Å². The van der Waals surface area contributed by atoms with E-state index in [1.165, 1.54) is 5.56 Å². The van der Waals surface area contributed by atoms with Gasteiger partial charge in [0.25, 0.3) is 0 Å². The molecule has 0 unspecified atom stereocenters. The van der Waals surface area contributed by atoms with Crippen LogP contribution in [0.15, 0.2) is 30.5 Å². The molecule has 0 saturated heterocycles. The largest absolute Gasteiger partial charge is 0.383 e. The first-order chi connectivity index (χ1) is 9.91. The Kier molecular flexibility index (Phi) is 4.68. The standard InChI is InChI=1S/C17H25N3O/c1-13-12-20(10-11-21-5)16(18-13)19-15-9-7-6-8-14(15)17(2,3)4/h6-9,12H,10-11H2,1-5H3,(H,18,19). The Hall–Kier alpha value is -1.81. The average molecular weight is 287 g/mol. The highest BCUT2D eigenvalue weighted by atomic mass is 16.5. The molecule has 0 amide bonds. The molecule has 114 valence electrons. The van der Waals surface area contributed by atoms with Gasteiger partial charge in [-0.25, -0.2) is 4.98 Å². The Labute approximate surface area is 127 Å². The zero-order chi connectivity index (χ0) is 15.5. The molecule has 21 heavy (non-hydrogen) atoms. The van der Waals surface area contributed by atoms with Crippen molar-refractivity contribution in [1.82, 2.24) is 9.55 Å². The molecule has 0 spiro atoms. The lowest BCUT2D eigenvalue weighted by Crippen LogP contribution is -2.15. The van der Waals surface area contributed by atoms with Gasteiger partial charge in [-0.1, -0.05) is 39.0 Å². The Morgan fingerprint density at radius 2 is 1.95 bits per heavy atom. The highest BCUT2D eigenvalue weighted by molar-refractivity contribution is 5.61. The van der Waals surface area contributed by atoms with Crippen LogP contribution >= 0.6 is 0 Å². The summed E-state index contributed by atoms with van der Waals surface area (Å²) in [6.07, 6.45) is 2.04. The van der Waals surface area contributed by atoms with E-state index < -0.39 is 0 Å². The van der Waals surface area contributed by atoms with E-state index in [-0.39, 0.29) is 5.41 Å². The van der Waals surface area contributed by atoms with Crippen molar-refractivity contribution in [3.63, 3.8) is 0 Å². The third-order valence-electron chi connectivity index (χ3n) is 3.41. The summed E-state index contributed by atoms with van der Waals surface area (Å²) in [5, 5.41) is 3.47. The van der Waals surface area contributed by atoms with Crippen molar-refractivity contribution in [1.29, 1.82) is 0 Å². The van der Waals surface area contributed by atoms with Crippen molar-refractivity contribution in [2.45, 2.75) is 39.7 Å². The number of aromatic nitrogens is 2. The maximum atomic E-state index is 5.16. The molecular formula is C17H25N3O. The van der Waals surface area contributed by atoms with E-state index in [0.717, 1.165) is 23.9 Å². The molecule has 1 heterocycles. The smallest absolute Gasteiger partial charge is 0.207 e. The number of hydrogen-bond donors (Lipinski definition) is 1. The van der Waals surface area contributed by atoms with Crippen LogP contribution in [0.4, 0.5) is 11.6 Å². The van der Waals surface area contributed by atoms with E-state index in [9.17, 15) is 0 Å². The lowest BCUT2D eigenvalue weighted by molar-refractivity contribution is 0.188. The summed E-state index contributed by atoms with van der Waals surface area (Å²) in [5.41, 5.74) is 3.47. The Balaban J connectivity index is 2.30. The molecule has 0 atom stereocenters. The van der Waals surface area contributed by atoms with Gasteiger partial charge in [0.05, 0.1) is 12.3 Å². The number of aryl methyl sites for hydroxylation is 1. The van der Waals surface area contributed by atoms with E-state index in [1.54, 1.807) is 7.11 Å².